The van der Waals surface area contributed by atoms with E-state index in [0.717, 1.165) is 65.8 Å². The van der Waals surface area contributed by atoms with Crippen LogP contribution in [0.25, 0.3) is 11.0 Å². The Bertz CT molecular complexity index is 2050. The Kier molecular flexibility index (Phi) is 10.3. The molecule has 0 spiro atoms. The van der Waals surface area contributed by atoms with Crippen molar-refractivity contribution in [2.75, 3.05) is 25.0 Å². The van der Waals surface area contributed by atoms with E-state index >= 15 is 0 Å². The van der Waals surface area contributed by atoms with Crippen molar-refractivity contribution in [2.24, 2.45) is 5.92 Å². The number of aliphatic hydroxyl groups is 1. The van der Waals surface area contributed by atoms with Gasteiger partial charge in [-0.25, -0.2) is 4.79 Å². The van der Waals surface area contributed by atoms with Gasteiger partial charge in [-0.1, -0.05) is 79.7 Å². The van der Waals surface area contributed by atoms with E-state index in [9.17, 15) is 19.5 Å². The minimum atomic E-state index is -0.617. The molecule has 264 valence electrons. The zero-order chi connectivity index (χ0) is 35.5. The number of aliphatic hydroxyl groups excluding tert-OH is 1. The molecule has 2 aliphatic heterocycles. The number of likely N-dealkylation sites (tertiary alicyclic amines) is 1. The molecule has 0 saturated carbocycles. The van der Waals surface area contributed by atoms with Crippen molar-refractivity contribution in [3.63, 3.8) is 0 Å². The van der Waals surface area contributed by atoms with E-state index in [4.69, 9.17) is 9.47 Å². The summed E-state index contributed by atoms with van der Waals surface area (Å²) in [5.74, 6) is -0.189. The van der Waals surface area contributed by atoms with Gasteiger partial charge in [0.25, 0.3) is 0 Å². The van der Waals surface area contributed by atoms with Crippen molar-refractivity contribution in [1.29, 1.82) is 0 Å². The maximum absolute atomic E-state index is 12.9. The number of carbonyl (C=O) groups is 2. The second-order valence-corrected chi connectivity index (χ2v) is 13.8. The lowest BCUT2D eigenvalue weighted by atomic mass is 9.89. The lowest BCUT2D eigenvalue weighted by molar-refractivity contribution is -0.276. The number of fused-ring (bicyclic) bond motifs is 1. The largest absolute Gasteiger partial charge is 0.392 e. The van der Waals surface area contributed by atoms with Gasteiger partial charge in [-0.3, -0.25) is 14.2 Å². The third kappa shape index (κ3) is 7.74. The number of imidazole rings is 1. The summed E-state index contributed by atoms with van der Waals surface area (Å²) in [7, 11) is 0. The van der Waals surface area contributed by atoms with Crippen molar-refractivity contribution in [2.45, 2.75) is 64.3 Å². The van der Waals surface area contributed by atoms with Crippen LogP contribution in [0.4, 0.5) is 5.69 Å². The molecule has 1 amide bonds. The highest BCUT2D eigenvalue weighted by Gasteiger charge is 2.39. The summed E-state index contributed by atoms with van der Waals surface area (Å²) in [5.41, 5.74) is 6.46. The van der Waals surface area contributed by atoms with Crippen LogP contribution in [0.5, 0.6) is 0 Å². The van der Waals surface area contributed by atoms with E-state index in [-0.39, 0.29) is 54.6 Å². The Morgan fingerprint density at radius 1 is 0.882 bits per heavy atom. The molecule has 4 unspecified atom stereocenters. The number of rotatable bonds is 10. The molecule has 7 rings (SSSR count). The number of hydrogen-bond acceptors (Lipinski definition) is 7. The second kappa shape index (κ2) is 15.2. The molecule has 1 aromatic heterocycles. The fourth-order valence-electron chi connectivity index (χ4n) is 7.38. The number of nitrogens with one attached hydrogen (secondary N) is 2. The van der Waals surface area contributed by atoms with Gasteiger partial charge in [-0.15, -0.1) is 0 Å². The highest BCUT2D eigenvalue weighted by molar-refractivity contribution is 5.97. The van der Waals surface area contributed by atoms with Crippen LogP contribution < -0.4 is 11.0 Å². The molecule has 51 heavy (non-hydrogen) atoms. The van der Waals surface area contributed by atoms with Crippen LogP contribution in [-0.2, 0) is 27.3 Å². The van der Waals surface area contributed by atoms with E-state index in [0.29, 0.717) is 11.3 Å². The molecule has 0 aliphatic carbocycles. The Labute approximate surface area is 297 Å². The summed E-state index contributed by atoms with van der Waals surface area (Å²) < 4.78 is 15.3. The number of aromatic amines is 1. The van der Waals surface area contributed by atoms with Crippen molar-refractivity contribution >= 4 is 28.4 Å². The molecule has 3 N–H and O–H groups in total. The average Bonchev–Trinajstić information content (AvgIpc) is 3.48. The van der Waals surface area contributed by atoms with Crippen LogP contribution in [0.15, 0.2) is 102 Å². The van der Waals surface area contributed by atoms with Gasteiger partial charge < -0.3 is 29.8 Å². The minimum Gasteiger partial charge on any atom is -0.392 e. The maximum atomic E-state index is 12.9. The maximum Gasteiger partial charge on any atom is 0.326 e. The van der Waals surface area contributed by atoms with Gasteiger partial charge >= 0.3 is 5.69 Å². The van der Waals surface area contributed by atoms with Crippen LogP contribution in [0.1, 0.15) is 77.7 Å². The first kappa shape index (κ1) is 34.6. The van der Waals surface area contributed by atoms with Crippen LogP contribution >= 0.6 is 0 Å². The third-order valence-corrected chi connectivity index (χ3v) is 10.3. The Hall–Kier alpha value is -4.87. The van der Waals surface area contributed by atoms with Gasteiger partial charge in [0.15, 0.2) is 12.1 Å². The van der Waals surface area contributed by atoms with Crippen molar-refractivity contribution in [3.05, 3.63) is 135 Å². The lowest BCUT2D eigenvalue weighted by Gasteiger charge is -2.44. The number of Topliss-reactive ketones (excluding diaryl/α,β-unsaturated/α-hetero) is 1. The summed E-state index contributed by atoms with van der Waals surface area (Å²) in [4.78, 5) is 42.9. The first-order chi connectivity index (χ1) is 24.7. The van der Waals surface area contributed by atoms with Crippen molar-refractivity contribution in [3.8, 4) is 0 Å². The van der Waals surface area contributed by atoms with E-state index in [2.05, 4.69) is 22.1 Å². The van der Waals surface area contributed by atoms with E-state index in [1.807, 2.05) is 77.4 Å². The molecular weight excluding hydrogens is 644 g/mol. The smallest absolute Gasteiger partial charge is 0.326 e. The molecule has 5 aromatic rings. The number of amides is 1. The van der Waals surface area contributed by atoms with Crippen LogP contribution in [0.3, 0.4) is 0 Å². The first-order valence-corrected chi connectivity index (χ1v) is 17.7. The number of ketones is 1. The molecule has 0 bridgehead atoms. The SMILES string of the molecule is CC(=O)c1cccc(NC(=O)Cc2ccc(C3OC(CN4CCC(n5c(=O)[nH]c6ccccc65)CC4)C(C)C(c4ccc(CO)cc4)O3)cc2)c1. The van der Waals surface area contributed by atoms with E-state index < -0.39 is 6.29 Å². The molecule has 0 radical (unpaired) electrons. The van der Waals surface area contributed by atoms with Gasteiger partial charge in [0.1, 0.15) is 0 Å². The molecular formula is C41H44N4O6. The predicted molar refractivity (Wildman–Crippen MR) is 195 cm³/mol. The summed E-state index contributed by atoms with van der Waals surface area (Å²) in [6, 6.07) is 30.6. The van der Waals surface area contributed by atoms with E-state index in [1.165, 1.54) is 6.92 Å². The number of ether oxygens (including phenoxy) is 2. The number of piperidine rings is 1. The van der Waals surface area contributed by atoms with Gasteiger partial charge in [-0.2, -0.15) is 0 Å². The van der Waals surface area contributed by atoms with E-state index in [1.54, 1.807) is 24.3 Å². The van der Waals surface area contributed by atoms with Gasteiger partial charge in [-0.05, 0) is 60.7 Å². The number of aromatic nitrogens is 2. The highest BCUT2D eigenvalue weighted by atomic mass is 16.7. The van der Waals surface area contributed by atoms with Gasteiger partial charge in [0.2, 0.25) is 5.91 Å². The second-order valence-electron chi connectivity index (χ2n) is 13.8. The highest BCUT2D eigenvalue weighted by Crippen LogP contribution is 2.42. The summed E-state index contributed by atoms with van der Waals surface area (Å²) in [6.07, 6.45) is 0.929. The van der Waals surface area contributed by atoms with Gasteiger partial charge in [0, 0.05) is 48.4 Å². The van der Waals surface area contributed by atoms with Gasteiger partial charge in [0.05, 0.1) is 36.3 Å². The zero-order valence-corrected chi connectivity index (χ0v) is 29.0. The number of carbonyl (C=O) groups excluding carboxylic acids is 2. The summed E-state index contributed by atoms with van der Waals surface area (Å²) >= 11 is 0. The topological polar surface area (TPSA) is 126 Å². The summed E-state index contributed by atoms with van der Waals surface area (Å²) in [6.45, 7) is 6.06. The zero-order valence-electron chi connectivity index (χ0n) is 29.0. The first-order valence-electron chi connectivity index (χ1n) is 17.7. The summed E-state index contributed by atoms with van der Waals surface area (Å²) in [5, 5.41) is 12.5. The third-order valence-electron chi connectivity index (χ3n) is 10.3. The van der Waals surface area contributed by atoms with Crippen molar-refractivity contribution < 1.29 is 24.2 Å². The number of hydrogen-bond donors (Lipinski definition) is 3. The molecule has 4 atom stereocenters. The monoisotopic (exact) mass is 688 g/mol. The number of nitrogens with zero attached hydrogens (tertiary/aromatic N) is 2. The number of para-hydroxylation sites is 2. The van der Waals surface area contributed by atoms with Crippen molar-refractivity contribution in [1.82, 2.24) is 14.5 Å². The van der Waals surface area contributed by atoms with Crippen LogP contribution in [0, 0.1) is 5.92 Å². The molecule has 2 aliphatic rings. The number of H-pyrrole nitrogens is 1. The molecule has 10 heteroatoms. The fourth-order valence-corrected chi connectivity index (χ4v) is 7.38. The average molecular weight is 689 g/mol. The fraction of sp³-hybridized carbons (Fsp3) is 0.341. The standard InChI is InChI=1S/C41H44N4O6/c1-26-37(24-44-20-18-34(19-21-44)45-36-9-4-3-8-35(36)43-41(45)49)50-40(51-39(26)30-14-12-29(25-46)13-15-30)31-16-10-28(11-17-31)22-38(48)42-33-7-5-6-32(23-33)27(2)47/h3-17,23,26,34,37,39-40,46H,18-22,24-25H2,1-2H3,(H,42,48)(H,43,49). The Morgan fingerprint density at radius 3 is 2.31 bits per heavy atom. The van der Waals surface area contributed by atoms with Crippen LogP contribution in [-0.4, -0.2) is 57.0 Å². The predicted octanol–water partition coefficient (Wildman–Crippen LogP) is 6.33. The molecule has 2 saturated heterocycles. The quantitative estimate of drug-likeness (QED) is 0.146. The Morgan fingerprint density at radius 2 is 1.59 bits per heavy atom. The Balaban J connectivity index is 1.04. The molecule has 4 aromatic carbocycles. The minimum absolute atomic E-state index is 0.0223. The molecule has 10 nitrogen and oxygen atoms in total. The number of anilines is 1. The lowest BCUT2D eigenvalue weighted by Crippen LogP contribution is -2.47. The molecule has 3 heterocycles. The number of benzene rings is 4. The van der Waals surface area contributed by atoms with Crippen LogP contribution in [0.2, 0.25) is 0 Å². The normalized spacial score (nSPS) is 21.5. The molecule has 2 fully saturated rings.